The van der Waals surface area contributed by atoms with Crippen molar-refractivity contribution in [2.24, 2.45) is 0 Å². The van der Waals surface area contributed by atoms with Gasteiger partial charge in [0.25, 0.3) is 0 Å². The molecule has 0 spiro atoms. The predicted molar refractivity (Wildman–Crippen MR) is 153 cm³/mol. The Morgan fingerprint density at radius 1 is 0.514 bits per heavy atom. The number of thiophene rings is 1. The second kappa shape index (κ2) is 8.35. The first-order valence-electron chi connectivity index (χ1n) is 11.5. The number of aromatic nitrogens is 1. The van der Waals surface area contributed by atoms with Crippen LogP contribution in [0.4, 0.5) is 11.4 Å². The van der Waals surface area contributed by atoms with E-state index in [1.54, 1.807) is 11.3 Å². The van der Waals surface area contributed by atoms with Gasteiger partial charge in [-0.1, -0.05) is 54.6 Å². The molecule has 2 heterocycles. The van der Waals surface area contributed by atoms with Crippen LogP contribution in [0.5, 0.6) is 0 Å². The van der Waals surface area contributed by atoms with Crippen LogP contribution in [0.3, 0.4) is 0 Å². The Hall–Kier alpha value is -3.99. The summed E-state index contributed by atoms with van der Waals surface area (Å²) in [5.74, 6) is 0. The van der Waals surface area contributed by atoms with Crippen LogP contribution in [0.1, 0.15) is 0 Å². The Balaban J connectivity index is 1.21. The first-order chi connectivity index (χ1) is 17.3. The first-order valence-corrected chi connectivity index (χ1v) is 13.2. The van der Waals surface area contributed by atoms with E-state index < -0.39 is 0 Å². The summed E-state index contributed by atoms with van der Waals surface area (Å²) >= 11 is 3.53. The lowest BCUT2D eigenvalue weighted by molar-refractivity contribution is 1.50. The van der Waals surface area contributed by atoms with Gasteiger partial charge in [-0.25, -0.2) is 4.98 Å². The summed E-state index contributed by atoms with van der Waals surface area (Å²) in [5, 5.41) is 6.27. The van der Waals surface area contributed by atoms with Crippen molar-refractivity contribution in [3.63, 3.8) is 0 Å². The van der Waals surface area contributed by atoms with Gasteiger partial charge in [0.2, 0.25) is 0 Å². The van der Waals surface area contributed by atoms with Crippen molar-refractivity contribution in [2.75, 3.05) is 5.32 Å². The van der Waals surface area contributed by atoms with Crippen molar-refractivity contribution in [3.05, 3.63) is 115 Å². The zero-order valence-corrected chi connectivity index (χ0v) is 20.4. The molecule has 4 heteroatoms. The fourth-order valence-corrected chi connectivity index (χ4v) is 6.46. The number of rotatable bonds is 4. The average Bonchev–Trinajstić information content (AvgIpc) is 3.52. The van der Waals surface area contributed by atoms with Crippen LogP contribution in [0.15, 0.2) is 115 Å². The summed E-state index contributed by atoms with van der Waals surface area (Å²) in [6.07, 6.45) is 0. The molecular formula is C31H20N2S2. The molecule has 35 heavy (non-hydrogen) atoms. The van der Waals surface area contributed by atoms with Gasteiger partial charge >= 0.3 is 0 Å². The largest absolute Gasteiger partial charge is 0.355 e. The smallest absolute Gasteiger partial charge is 0.0812 e. The predicted octanol–water partition coefficient (Wildman–Crippen LogP) is 9.74. The second-order valence-electron chi connectivity index (χ2n) is 8.63. The quantitative estimate of drug-likeness (QED) is 0.269. The number of hydrogen-bond acceptors (Lipinski definition) is 4. The maximum Gasteiger partial charge on any atom is 0.0812 e. The summed E-state index contributed by atoms with van der Waals surface area (Å²) < 4.78 is 3.88. The van der Waals surface area contributed by atoms with Gasteiger partial charge in [0.1, 0.15) is 0 Å². The highest BCUT2D eigenvalue weighted by Crippen LogP contribution is 2.37. The van der Waals surface area contributed by atoms with Gasteiger partial charge in [-0.15, -0.1) is 22.7 Å². The Morgan fingerprint density at radius 3 is 2.03 bits per heavy atom. The second-order valence-corrected chi connectivity index (χ2v) is 10.6. The van der Waals surface area contributed by atoms with Gasteiger partial charge in [0.05, 0.1) is 15.7 Å². The lowest BCUT2D eigenvalue weighted by atomic mass is 10.0. The molecule has 0 aliphatic heterocycles. The van der Waals surface area contributed by atoms with E-state index in [1.165, 1.54) is 47.1 Å². The molecule has 5 aromatic carbocycles. The van der Waals surface area contributed by atoms with Crippen molar-refractivity contribution in [2.45, 2.75) is 0 Å². The van der Waals surface area contributed by atoms with Crippen LogP contribution in [-0.2, 0) is 0 Å². The van der Waals surface area contributed by atoms with E-state index in [0.717, 1.165) is 16.9 Å². The minimum absolute atomic E-state index is 1.05. The maximum absolute atomic E-state index is 4.40. The molecule has 0 atom stereocenters. The van der Waals surface area contributed by atoms with Crippen LogP contribution in [0, 0.1) is 0 Å². The Morgan fingerprint density at radius 2 is 1.20 bits per heavy atom. The molecule has 7 rings (SSSR count). The van der Waals surface area contributed by atoms with Crippen molar-refractivity contribution >= 4 is 64.4 Å². The van der Waals surface area contributed by atoms with Crippen molar-refractivity contribution in [1.29, 1.82) is 0 Å². The third kappa shape index (κ3) is 3.77. The maximum atomic E-state index is 4.40. The summed E-state index contributed by atoms with van der Waals surface area (Å²) in [5.41, 5.74) is 9.94. The molecule has 0 unspecified atom stereocenters. The molecule has 7 aromatic rings. The monoisotopic (exact) mass is 484 g/mol. The highest BCUT2D eigenvalue weighted by Gasteiger charge is 2.08. The molecule has 2 nitrogen and oxygen atoms in total. The molecular weight excluding hydrogens is 464 g/mol. The number of thiazole rings is 1. The van der Waals surface area contributed by atoms with E-state index in [4.69, 9.17) is 0 Å². The number of nitrogens with one attached hydrogen (secondary N) is 1. The minimum atomic E-state index is 1.05. The molecule has 1 N–H and O–H groups in total. The molecule has 0 fully saturated rings. The fourth-order valence-electron chi connectivity index (χ4n) is 4.66. The Bertz CT molecular complexity index is 1840. The van der Waals surface area contributed by atoms with Gasteiger partial charge < -0.3 is 5.32 Å². The third-order valence-electron chi connectivity index (χ3n) is 6.39. The minimum Gasteiger partial charge on any atom is -0.355 e. The number of nitrogens with zero attached hydrogens (tertiary/aromatic N) is 1. The zero-order valence-electron chi connectivity index (χ0n) is 18.7. The van der Waals surface area contributed by atoms with Gasteiger partial charge in [-0.05, 0) is 76.9 Å². The number of anilines is 2. The molecule has 0 saturated carbocycles. The lowest BCUT2D eigenvalue weighted by Gasteiger charge is -2.11. The molecule has 0 radical (unpaired) electrons. The standard InChI is InChI=1S/C31H20N2S2/c1-2-10-29-26(9-1)27-17-22(12-14-30(27)35-29)20-5-3-7-24(15-20)33-25-8-4-6-21(16-25)23-11-13-28-31(18-23)34-19-32-28/h1-19,33H. The normalized spacial score (nSPS) is 11.4. The molecule has 2 aromatic heterocycles. The van der Waals surface area contributed by atoms with Crippen molar-refractivity contribution < 1.29 is 0 Å². The van der Waals surface area contributed by atoms with Gasteiger partial charge in [-0.3, -0.25) is 0 Å². The highest BCUT2D eigenvalue weighted by atomic mass is 32.1. The average molecular weight is 485 g/mol. The Labute approximate surface area is 211 Å². The van der Waals surface area contributed by atoms with Gasteiger partial charge in [0, 0.05) is 31.5 Å². The van der Waals surface area contributed by atoms with Crippen LogP contribution < -0.4 is 5.32 Å². The molecule has 0 aliphatic rings. The highest BCUT2D eigenvalue weighted by molar-refractivity contribution is 7.25. The summed E-state index contributed by atoms with van der Waals surface area (Å²) in [7, 11) is 0. The Kier molecular flexibility index (Phi) is 4.86. The van der Waals surface area contributed by atoms with Crippen LogP contribution >= 0.6 is 22.7 Å². The SMILES string of the molecule is c1cc(Nc2cccc(-c3ccc4sc5ccccc5c4c3)c2)cc(-c2ccc3ncsc3c2)c1. The lowest BCUT2D eigenvalue weighted by Crippen LogP contribution is -1.91. The van der Waals surface area contributed by atoms with Gasteiger partial charge in [-0.2, -0.15) is 0 Å². The van der Waals surface area contributed by atoms with E-state index in [-0.39, 0.29) is 0 Å². The van der Waals surface area contributed by atoms with E-state index in [0.29, 0.717) is 0 Å². The van der Waals surface area contributed by atoms with Gasteiger partial charge in [0.15, 0.2) is 0 Å². The van der Waals surface area contributed by atoms with E-state index in [1.807, 2.05) is 16.8 Å². The van der Waals surface area contributed by atoms with Crippen LogP contribution in [-0.4, -0.2) is 4.98 Å². The summed E-state index contributed by atoms with van der Waals surface area (Å²) in [6, 6.07) is 39.2. The number of fused-ring (bicyclic) bond motifs is 4. The molecule has 0 aliphatic carbocycles. The topological polar surface area (TPSA) is 24.9 Å². The fraction of sp³-hybridized carbons (Fsp3) is 0. The third-order valence-corrected chi connectivity index (χ3v) is 8.33. The van der Waals surface area contributed by atoms with E-state index in [9.17, 15) is 0 Å². The van der Waals surface area contributed by atoms with E-state index >= 15 is 0 Å². The van der Waals surface area contributed by atoms with Crippen LogP contribution in [0.2, 0.25) is 0 Å². The first kappa shape index (κ1) is 20.4. The zero-order chi connectivity index (χ0) is 23.2. The number of hydrogen-bond donors (Lipinski definition) is 1. The summed E-state index contributed by atoms with van der Waals surface area (Å²) in [4.78, 5) is 4.40. The molecule has 0 saturated heterocycles. The molecule has 0 amide bonds. The molecule has 0 bridgehead atoms. The number of benzene rings is 5. The molecule has 166 valence electrons. The van der Waals surface area contributed by atoms with Crippen molar-refractivity contribution in [1.82, 2.24) is 4.98 Å². The van der Waals surface area contributed by atoms with E-state index in [2.05, 4.69) is 119 Å². The summed E-state index contributed by atoms with van der Waals surface area (Å²) in [6.45, 7) is 0. The van der Waals surface area contributed by atoms with Crippen molar-refractivity contribution in [3.8, 4) is 22.3 Å². The van der Waals surface area contributed by atoms with Crippen LogP contribution in [0.25, 0.3) is 52.6 Å².